The Labute approximate surface area is 164 Å². The number of Topliss-reactive ketones (excluding diaryl/α,β-unsaturated/α-hetero) is 1. The van der Waals surface area contributed by atoms with Crippen molar-refractivity contribution >= 4 is 34.9 Å². The van der Waals surface area contributed by atoms with Gasteiger partial charge < -0.3 is 10.6 Å². The highest BCUT2D eigenvalue weighted by Crippen LogP contribution is 2.14. The Hall–Kier alpha value is -2.66. The van der Waals surface area contributed by atoms with Crippen molar-refractivity contribution in [3.8, 4) is 0 Å². The summed E-state index contributed by atoms with van der Waals surface area (Å²) in [5, 5.41) is 6.16. The summed E-state index contributed by atoms with van der Waals surface area (Å²) in [5.41, 5.74) is 2.03. The molecule has 0 unspecified atom stereocenters. The van der Waals surface area contributed by atoms with Crippen molar-refractivity contribution in [2.45, 2.75) is 39.2 Å². The summed E-state index contributed by atoms with van der Waals surface area (Å²) in [6.07, 6.45) is 0.517. The zero-order valence-corrected chi connectivity index (χ0v) is 16.2. The highest BCUT2D eigenvalue weighted by molar-refractivity contribution is 6.30. The van der Waals surface area contributed by atoms with E-state index < -0.39 is 0 Å². The fourth-order valence-electron chi connectivity index (χ4n) is 2.50. The lowest BCUT2D eigenvalue weighted by Crippen LogP contribution is -2.31. The van der Waals surface area contributed by atoms with E-state index in [9.17, 15) is 14.4 Å². The van der Waals surface area contributed by atoms with Crippen LogP contribution in [0.3, 0.4) is 0 Å². The lowest BCUT2D eigenvalue weighted by Gasteiger charge is -2.09. The SMILES string of the molecule is CC(C)NC(=O)Cc1ccc(NC(=O)CCC(=O)c2ccc(Cl)cc2)cc1. The number of amides is 2. The van der Waals surface area contributed by atoms with E-state index >= 15 is 0 Å². The molecule has 2 aromatic rings. The van der Waals surface area contributed by atoms with Crippen LogP contribution in [0.5, 0.6) is 0 Å². The summed E-state index contributed by atoms with van der Waals surface area (Å²) in [6, 6.07) is 13.8. The molecule has 0 fully saturated rings. The van der Waals surface area contributed by atoms with E-state index in [0.717, 1.165) is 5.56 Å². The first-order chi connectivity index (χ1) is 12.8. The van der Waals surface area contributed by atoms with Gasteiger partial charge in [-0.2, -0.15) is 0 Å². The Morgan fingerprint density at radius 2 is 1.52 bits per heavy atom. The second kappa shape index (κ2) is 9.88. The van der Waals surface area contributed by atoms with Crippen molar-refractivity contribution < 1.29 is 14.4 Å². The van der Waals surface area contributed by atoms with Gasteiger partial charge in [0.25, 0.3) is 0 Å². The van der Waals surface area contributed by atoms with Crippen molar-refractivity contribution in [3.63, 3.8) is 0 Å². The maximum absolute atomic E-state index is 12.1. The maximum Gasteiger partial charge on any atom is 0.224 e. The van der Waals surface area contributed by atoms with Crippen LogP contribution in [0.15, 0.2) is 48.5 Å². The van der Waals surface area contributed by atoms with Crippen LogP contribution < -0.4 is 10.6 Å². The smallest absolute Gasteiger partial charge is 0.224 e. The lowest BCUT2D eigenvalue weighted by molar-refractivity contribution is -0.121. The van der Waals surface area contributed by atoms with Crippen LogP contribution in [0.2, 0.25) is 5.02 Å². The third-order valence-corrected chi connectivity index (χ3v) is 4.05. The highest BCUT2D eigenvalue weighted by Gasteiger charge is 2.10. The summed E-state index contributed by atoms with van der Waals surface area (Å²) < 4.78 is 0. The van der Waals surface area contributed by atoms with E-state index in [1.807, 2.05) is 13.8 Å². The van der Waals surface area contributed by atoms with Gasteiger partial charge >= 0.3 is 0 Å². The largest absolute Gasteiger partial charge is 0.354 e. The van der Waals surface area contributed by atoms with E-state index in [2.05, 4.69) is 10.6 Å². The summed E-state index contributed by atoms with van der Waals surface area (Å²) in [4.78, 5) is 35.9. The van der Waals surface area contributed by atoms with E-state index in [-0.39, 0.29) is 36.5 Å². The molecule has 0 heterocycles. The highest BCUT2D eigenvalue weighted by atomic mass is 35.5. The third kappa shape index (κ3) is 7.23. The van der Waals surface area contributed by atoms with Gasteiger partial charge in [0.15, 0.2) is 5.78 Å². The molecule has 0 atom stereocenters. The van der Waals surface area contributed by atoms with Crippen LogP contribution >= 0.6 is 11.6 Å². The average Bonchev–Trinajstić information content (AvgIpc) is 2.61. The third-order valence-electron chi connectivity index (χ3n) is 3.80. The van der Waals surface area contributed by atoms with Crippen molar-refractivity contribution in [2.24, 2.45) is 0 Å². The van der Waals surface area contributed by atoms with Gasteiger partial charge in [-0.25, -0.2) is 0 Å². The molecule has 0 aliphatic rings. The molecule has 2 N–H and O–H groups in total. The number of benzene rings is 2. The standard InChI is InChI=1S/C21H23ClN2O3/c1-14(2)23-21(27)13-15-3-9-18(10-4-15)24-20(26)12-11-19(25)16-5-7-17(22)8-6-16/h3-10,14H,11-13H2,1-2H3,(H,23,27)(H,24,26). The van der Waals surface area contributed by atoms with Gasteiger partial charge in [-0.3, -0.25) is 14.4 Å². The summed E-state index contributed by atoms with van der Waals surface area (Å²) in [7, 11) is 0. The Kier molecular flexibility index (Phi) is 7.55. The van der Waals surface area contributed by atoms with Gasteiger partial charge in [0.05, 0.1) is 6.42 Å². The molecule has 0 aliphatic heterocycles. The van der Waals surface area contributed by atoms with Crippen LogP contribution in [0, 0.1) is 0 Å². The average molecular weight is 387 g/mol. The molecule has 0 aromatic heterocycles. The van der Waals surface area contributed by atoms with E-state index in [4.69, 9.17) is 11.6 Å². The minimum atomic E-state index is -0.234. The zero-order chi connectivity index (χ0) is 19.8. The minimum absolute atomic E-state index is 0.0394. The van der Waals surface area contributed by atoms with Crippen molar-refractivity contribution in [2.75, 3.05) is 5.32 Å². The van der Waals surface area contributed by atoms with Crippen molar-refractivity contribution in [1.82, 2.24) is 5.32 Å². The summed E-state index contributed by atoms with van der Waals surface area (Å²) in [5.74, 6) is -0.376. The fourth-order valence-corrected chi connectivity index (χ4v) is 2.62. The monoisotopic (exact) mass is 386 g/mol. The second-order valence-electron chi connectivity index (χ2n) is 6.57. The van der Waals surface area contributed by atoms with Gasteiger partial charge in [-0.15, -0.1) is 0 Å². The Balaban J connectivity index is 1.80. The Morgan fingerprint density at radius 3 is 2.11 bits per heavy atom. The van der Waals surface area contributed by atoms with E-state index in [1.165, 1.54) is 0 Å². The molecule has 0 spiro atoms. The Morgan fingerprint density at radius 1 is 0.889 bits per heavy atom. The molecule has 0 bridgehead atoms. The van der Waals surface area contributed by atoms with Crippen LogP contribution in [0.1, 0.15) is 42.6 Å². The van der Waals surface area contributed by atoms with Crippen molar-refractivity contribution in [1.29, 1.82) is 0 Å². The minimum Gasteiger partial charge on any atom is -0.354 e. The van der Waals surface area contributed by atoms with Crippen LogP contribution in [0.4, 0.5) is 5.69 Å². The predicted octanol–water partition coefficient (Wildman–Crippen LogP) is 4.01. The quantitative estimate of drug-likeness (QED) is 0.673. The predicted molar refractivity (Wildman–Crippen MR) is 107 cm³/mol. The summed E-state index contributed by atoms with van der Waals surface area (Å²) >= 11 is 5.80. The van der Waals surface area contributed by atoms with Gasteiger partial charge in [0.1, 0.15) is 0 Å². The molecule has 2 amide bonds. The van der Waals surface area contributed by atoms with Gasteiger partial charge in [0, 0.05) is 35.2 Å². The molecule has 0 saturated heterocycles. The molecule has 0 aliphatic carbocycles. The molecule has 0 saturated carbocycles. The van der Waals surface area contributed by atoms with Crippen LogP contribution in [-0.2, 0) is 16.0 Å². The van der Waals surface area contributed by atoms with Gasteiger partial charge in [0.2, 0.25) is 11.8 Å². The first-order valence-electron chi connectivity index (χ1n) is 8.80. The van der Waals surface area contributed by atoms with Crippen LogP contribution in [-0.4, -0.2) is 23.6 Å². The molecule has 0 radical (unpaired) electrons. The van der Waals surface area contributed by atoms with Crippen molar-refractivity contribution in [3.05, 3.63) is 64.7 Å². The molecule has 2 rings (SSSR count). The first kappa shape index (κ1) is 20.6. The first-order valence-corrected chi connectivity index (χ1v) is 9.18. The van der Waals surface area contributed by atoms with Gasteiger partial charge in [-0.05, 0) is 55.8 Å². The van der Waals surface area contributed by atoms with E-state index in [1.54, 1.807) is 48.5 Å². The normalized spacial score (nSPS) is 10.5. The summed E-state index contributed by atoms with van der Waals surface area (Å²) in [6.45, 7) is 3.82. The molecule has 142 valence electrons. The number of anilines is 1. The molecule has 2 aromatic carbocycles. The number of nitrogens with one attached hydrogen (secondary N) is 2. The van der Waals surface area contributed by atoms with Crippen LogP contribution in [0.25, 0.3) is 0 Å². The molecule has 6 heteroatoms. The number of hydrogen-bond acceptors (Lipinski definition) is 3. The molecule has 5 nitrogen and oxygen atoms in total. The van der Waals surface area contributed by atoms with E-state index in [0.29, 0.717) is 22.7 Å². The topological polar surface area (TPSA) is 75.3 Å². The number of carbonyl (C=O) groups is 3. The molecule has 27 heavy (non-hydrogen) atoms. The molecular formula is C21H23ClN2O3. The van der Waals surface area contributed by atoms with Gasteiger partial charge in [-0.1, -0.05) is 23.7 Å². The second-order valence-corrected chi connectivity index (χ2v) is 7.01. The number of hydrogen-bond donors (Lipinski definition) is 2. The lowest BCUT2D eigenvalue weighted by atomic mass is 10.1. The number of carbonyl (C=O) groups excluding carboxylic acids is 3. The number of rotatable bonds is 8. The fraction of sp³-hybridized carbons (Fsp3) is 0.286. The number of halogens is 1. The Bertz CT molecular complexity index is 799. The molecular weight excluding hydrogens is 364 g/mol. The zero-order valence-electron chi connectivity index (χ0n) is 15.4. The maximum atomic E-state index is 12.1. The number of ketones is 1.